The highest BCUT2D eigenvalue weighted by atomic mass is 16.5. The SMILES string of the molecule is CN=C(NCC1CCCO1)N1CCOC(c2ccc(C)cc2C)C1. The summed E-state index contributed by atoms with van der Waals surface area (Å²) in [5, 5.41) is 3.47. The summed E-state index contributed by atoms with van der Waals surface area (Å²) in [5.41, 5.74) is 3.86. The minimum Gasteiger partial charge on any atom is -0.376 e. The van der Waals surface area contributed by atoms with Crippen LogP contribution in [0.25, 0.3) is 0 Å². The number of hydrogen-bond donors (Lipinski definition) is 1. The highest BCUT2D eigenvalue weighted by Crippen LogP contribution is 2.26. The number of rotatable bonds is 3. The van der Waals surface area contributed by atoms with Crippen LogP contribution in [0.5, 0.6) is 0 Å². The van der Waals surface area contributed by atoms with Crippen molar-refractivity contribution in [1.29, 1.82) is 0 Å². The number of nitrogens with zero attached hydrogens (tertiary/aromatic N) is 2. The second-order valence-corrected chi connectivity index (χ2v) is 6.73. The van der Waals surface area contributed by atoms with Gasteiger partial charge in [0.15, 0.2) is 5.96 Å². The number of hydrogen-bond acceptors (Lipinski definition) is 3. The highest BCUT2D eigenvalue weighted by molar-refractivity contribution is 5.80. The molecule has 0 radical (unpaired) electrons. The van der Waals surface area contributed by atoms with Crippen LogP contribution >= 0.6 is 0 Å². The van der Waals surface area contributed by atoms with Crippen molar-refractivity contribution in [2.45, 2.75) is 38.9 Å². The standard InChI is InChI=1S/C19H29N3O2/c1-14-6-7-17(15(2)11-14)18-13-22(8-10-24-18)19(20-3)21-12-16-5-4-9-23-16/h6-7,11,16,18H,4-5,8-10,12-13H2,1-3H3,(H,20,21). The first-order valence-corrected chi connectivity index (χ1v) is 8.93. The molecule has 0 saturated carbocycles. The van der Waals surface area contributed by atoms with Gasteiger partial charge in [0.05, 0.1) is 19.3 Å². The molecule has 2 heterocycles. The van der Waals surface area contributed by atoms with E-state index in [1.165, 1.54) is 16.7 Å². The van der Waals surface area contributed by atoms with Gasteiger partial charge in [-0.15, -0.1) is 0 Å². The van der Waals surface area contributed by atoms with E-state index >= 15 is 0 Å². The second kappa shape index (κ2) is 7.99. The number of aliphatic imine (C=N–C) groups is 1. The van der Waals surface area contributed by atoms with E-state index in [0.29, 0.717) is 6.10 Å². The minimum atomic E-state index is 0.0978. The number of guanidine groups is 1. The van der Waals surface area contributed by atoms with Crippen molar-refractivity contribution in [3.63, 3.8) is 0 Å². The maximum absolute atomic E-state index is 6.04. The zero-order valence-electron chi connectivity index (χ0n) is 15.0. The summed E-state index contributed by atoms with van der Waals surface area (Å²) in [5.74, 6) is 0.948. The van der Waals surface area contributed by atoms with Crippen LogP contribution in [0.1, 0.15) is 35.6 Å². The fraction of sp³-hybridized carbons (Fsp3) is 0.632. The van der Waals surface area contributed by atoms with E-state index in [4.69, 9.17) is 9.47 Å². The van der Waals surface area contributed by atoms with Crippen molar-refractivity contribution in [2.24, 2.45) is 4.99 Å². The lowest BCUT2D eigenvalue weighted by atomic mass is 10.00. The molecule has 3 rings (SSSR count). The summed E-state index contributed by atoms with van der Waals surface area (Å²) >= 11 is 0. The molecular weight excluding hydrogens is 302 g/mol. The zero-order chi connectivity index (χ0) is 16.9. The molecule has 132 valence electrons. The Bertz CT molecular complexity index is 582. The van der Waals surface area contributed by atoms with Gasteiger partial charge in [0.2, 0.25) is 0 Å². The molecule has 2 saturated heterocycles. The second-order valence-electron chi connectivity index (χ2n) is 6.73. The molecule has 2 aliphatic rings. The molecule has 0 amide bonds. The highest BCUT2D eigenvalue weighted by Gasteiger charge is 2.26. The number of ether oxygens (including phenoxy) is 2. The molecule has 24 heavy (non-hydrogen) atoms. The molecule has 2 unspecified atom stereocenters. The lowest BCUT2D eigenvalue weighted by molar-refractivity contribution is -0.00856. The third kappa shape index (κ3) is 4.08. The molecule has 1 aromatic rings. The molecule has 2 aliphatic heterocycles. The predicted molar refractivity (Wildman–Crippen MR) is 96.5 cm³/mol. The molecule has 2 fully saturated rings. The summed E-state index contributed by atoms with van der Waals surface area (Å²) in [4.78, 5) is 6.75. The number of benzene rings is 1. The van der Waals surface area contributed by atoms with Crippen LogP contribution in [0.4, 0.5) is 0 Å². The molecule has 5 nitrogen and oxygen atoms in total. The fourth-order valence-electron chi connectivity index (χ4n) is 3.56. The van der Waals surface area contributed by atoms with Crippen molar-refractivity contribution in [2.75, 3.05) is 39.9 Å². The van der Waals surface area contributed by atoms with Gasteiger partial charge in [0.25, 0.3) is 0 Å². The molecule has 1 N–H and O–H groups in total. The molecule has 0 aliphatic carbocycles. The van der Waals surface area contributed by atoms with Gasteiger partial charge in [-0.25, -0.2) is 0 Å². The lowest BCUT2D eigenvalue weighted by Crippen LogP contribution is -2.49. The minimum absolute atomic E-state index is 0.0978. The van der Waals surface area contributed by atoms with Crippen LogP contribution < -0.4 is 5.32 Å². The Kier molecular flexibility index (Phi) is 5.74. The summed E-state index contributed by atoms with van der Waals surface area (Å²) in [7, 11) is 1.85. The van der Waals surface area contributed by atoms with Gasteiger partial charge in [-0.05, 0) is 37.8 Å². The number of morpholine rings is 1. The number of nitrogens with one attached hydrogen (secondary N) is 1. The maximum Gasteiger partial charge on any atom is 0.193 e. The lowest BCUT2D eigenvalue weighted by Gasteiger charge is -2.36. The molecule has 0 bridgehead atoms. The first kappa shape index (κ1) is 17.2. The van der Waals surface area contributed by atoms with E-state index in [1.807, 2.05) is 7.05 Å². The molecule has 5 heteroatoms. The summed E-state index contributed by atoms with van der Waals surface area (Å²) in [6.07, 6.45) is 2.72. The van der Waals surface area contributed by atoms with Crippen LogP contribution in [-0.4, -0.2) is 56.9 Å². The molecule has 0 aromatic heterocycles. The van der Waals surface area contributed by atoms with E-state index in [2.05, 4.69) is 47.3 Å². The van der Waals surface area contributed by atoms with Crippen LogP contribution in [0.3, 0.4) is 0 Å². The van der Waals surface area contributed by atoms with Gasteiger partial charge in [0.1, 0.15) is 6.10 Å². The van der Waals surface area contributed by atoms with Crippen molar-refractivity contribution >= 4 is 5.96 Å². The van der Waals surface area contributed by atoms with E-state index in [-0.39, 0.29) is 6.10 Å². The van der Waals surface area contributed by atoms with E-state index in [9.17, 15) is 0 Å². The quantitative estimate of drug-likeness (QED) is 0.683. The van der Waals surface area contributed by atoms with Crippen LogP contribution in [0, 0.1) is 13.8 Å². The topological polar surface area (TPSA) is 46.1 Å². The zero-order valence-corrected chi connectivity index (χ0v) is 15.0. The molecule has 0 spiro atoms. The smallest absolute Gasteiger partial charge is 0.193 e. The van der Waals surface area contributed by atoms with Gasteiger partial charge in [-0.2, -0.15) is 0 Å². The predicted octanol–water partition coefficient (Wildman–Crippen LogP) is 2.43. The van der Waals surface area contributed by atoms with E-state index < -0.39 is 0 Å². The molecule has 2 atom stereocenters. The number of aryl methyl sites for hydroxylation is 2. The maximum atomic E-state index is 6.04. The Morgan fingerprint density at radius 2 is 2.17 bits per heavy atom. The Balaban J connectivity index is 1.62. The fourth-order valence-corrected chi connectivity index (χ4v) is 3.56. The van der Waals surface area contributed by atoms with Crippen molar-refractivity contribution in [3.05, 3.63) is 34.9 Å². The van der Waals surface area contributed by atoms with E-state index in [1.54, 1.807) is 0 Å². The molecule has 1 aromatic carbocycles. The average Bonchev–Trinajstić information content (AvgIpc) is 3.09. The van der Waals surface area contributed by atoms with Crippen molar-refractivity contribution in [3.8, 4) is 0 Å². The van der Waals surface area contributed by atoms with Crippen LogP contribution in [0.2, 0.25) is 0 Å². The Hall–Kier alpha value is -1.59. The van der Waals surface area contributed by atoms with Gasteiger partial charge < -0.3 is 19.7 Å². The normalized spacial score (nSPS) is 25.1. The first-order valence-electron chi connectivity index (χ1n) is 8.93. The molecular formula is C19H29N3O2. The van der Waals surface area contributed by atoms with Crippen LogP contribution in [-0.2, 0) is 9.47 Å². The van der Waals surface area contributed by atoms with Crippen molar-refractivity contribution in [1.82, 2.24) is 10.2 Å². The van der Waals surface area contributed by atoms with Gasteiger partial charge in [-0.3, -0.25) is 4.99 Å². The van der Waals surface area contributed by atoms with Gasteiger partial charge in [-0.1, -0.05) is 23.8 Å². The Morgan fingerprint density at radius 3 is 2.88 bits per heavy atom. The average molecular weight is 331 g/mol. The third-order valence-electron chi connectivity index (χ3n) is 4.86. The van der Waals surface area contributed by atoms with Crippen molar-refractivity contribution < 1.29 is 9.47 Å². The first-order chi connectivity index (χ1) is 11.7. The van der Waals surface area contributed by atoms with E-state index in [0.717, 1.165) is 51.6 Å². The van der Waals surface area contributed by atoms with Gasteiger partial charge in [0, 0.05) is 26.7 Å². The van der Waals surface area contributed by atoms with Crippen LogP contribution in [0.15, 0.2) is 23.2 Å². The summed E-state index contributed by atoms with van der Waals surface area (Å²) in [6.45, 7) is 8.42. The summed E-state index contributed by atoms with van der Waals surface area (Å²) < 4.78 is 11.7. The van der Waals surface area contributed by atoms with Gasteiger partial charge >= 0.3 is 0 Å². The largest absolute Gasteiger partial charge is 0.376 e. The summed E-state index contributed by atoms with van der Waals surface area (Å²) in [6, 6.07) is 6.58. The third-order valence-corrected chi connectivity index (χ3v) is 4.86. The Labute approximate surface area is 145 Å². The Morgan fingerprint density at radius 1 is 1.29 bits per heavy atom. The monoisotopic (exact) mass is 331 g/mol.